The van der Waals surface area contributed by atoms with Gasteiger partial charge in [0, 0.05) is 42.0 Å². The fourth-order valence-corrected chi connectivity index (χ4v) is 5.76. The Labute approximate surface area is 160 Å². The monoisotopic (exact) mass is 415 g/mol. The number of rotatable bonds is 2. The lowest BCUT2D eigenvalue weighted by molar-refractivity contribution is 0.578. The van der Waals surface area contributed by atoms with E-state index in [-0.39, 0.29) is 11.8 Å². The zero-order chi connectivity index (χ0) is 19.2. The van der Waals surface area contributed by atoms with Gasteiger partial charge in [0.15, 0.2) is 4.90 Å². The number of fused-ring (bicyclic) bond motifs is 1. The fourth-order valence-electron chi connectivity index (χ4n) is 2.80. The van der Waals surface area contributed by atoms with Crippen molar-refractivity contribution in [3.05, 3.63) is 50.3 Å². The number of benzene rings is 1. The maximum absolute atomic E-state index is 13.3. The van der Waals surface area contributed by atoms with Crippen LogP contribution in [0.25, 0.3) is 0 Å². The second kappa shape index (κ2) is 6.79. The summed E-state index contributed by atoms with van der Waals surface area (Å²) in [6, 6.07) is 5.08. The van der Waals surface area contributed by atoms with Crippen LogP contribution in [-0.4, -0.2) is 29.3 Å². The summed E-state index contributed by atoms with van der Waals surface area (Å²) in [6.07, 6.45) is 1.69. The fraction of sp³-hybridized carbons (Fsp3) is 0.375. The minimum Gasteiger partial charge on any atom is -0.302 e. The van der Waals surface area contributed by atoms with Crippen molar-refractivity contribution in [1.29, 1.82) is 0 Å². The number of aryl methyl sites for hydroxylation is 1. The third-order valence-corrected chi connectivity index (χ3v) is 7.51. The van der Waals surface area contributed by atoms with Gasteiger partial charge in [0.25, 0.3) is 15.6 Å². The molecule has 1 aliphatic rings. The highest BCUT2D eigenvalue weighted by atomic mass is 35.5. The van der Waals surface area contributed by atoms with Crippen LogP contribution in [0.3, 0.4) is 0 Å². The summed E-state index contributed by atoms with van der Waals surface area (Å²) in [5.41, 5.74) is -0.984. The summed E-state index contributed by atoms with van der Waals surface area (Å²) < 4.78 is 29.7. The molecule has 0 N–H and O–H groups in total. The van der Waals surface area contributed by atoms with E-state index in [0.29, 0.717) is 17.1 Å². The lowest BCUT2D eigenvalue weighted by Crippen LogP contribution is -2.43. The van der Waals surface area contributed by atoms with Gasteiger partial charge in [0.1, 0.15) is 0 Å². The molecule has 1 aromatic heterocycles. The molecular formula is C16H18ClN3O4S2. The van der Waals surface area contributed by atoms with Crippen molar-refractivity contribution in [1.82, 2.24) is 9.13 Å². The molecular weight excluding hydrogens is 398 g/mol. The standard InChI is InChI=1S/C16H18ClN3O4S2/c1-10-6-7-20(12-8-11(17)4-5-13(12)25-10)26(23,24)14-9-18(2)16(22)19(3)15(14)21/h4-5,8-10H,6-7H2,1-3H3/t10-/m1/s1. The summed E-state index contributed by atoms with van der Waals surface area (Å²) in [5, 5.41) is 0.616. The summed E-state index contributed by atoms with van der Waals surface area (Å²) in [6.45, 7) is 2.24. The number of sulfonamides is 1. The molecule has 1 aromatic carbocycles. The Hall–Kier alpha value is -1.71. The van der Waals surface area contributed by atoms with Gasteiger partial charge in [-0.3, -0.25) is 13.7 Å². The highest BCUT2D eigenvalue weighted by molar-refractivity contribution is 8.00. The quantitative estimate of drug-likeness (QED) is 0.747. The van der Waals surface area contributed by atoms with E-state index in [1.807, 2.05) is 6.92 Å². The van der Waals surface area contributed by atoms with Gasteiger partial charge in [-0.05, 0) is 24.6 Å². The van der Waals surface area contributed by atoms with E-state index in [9.17, 15) is 18.0 Å². The Bertz CT molecular complexity index is 1090. The first kappa shape index (κ1) is 19.1. The third-order valence-electron chi connectivity index (χ3n) is 4.24. The van der Waals surface area contributed by atoms with Crippen molar-refractivity contribution >= 4 is 39.1 Å². The van der Waals surface area contributed by atoms with Crippen LogP contribution in [0.5, 0.6) is 0 Å². The number of nitrogens with zero attached hydrogens (tertiary/aromatic N) is 3. The lowest BCUT2D eigenvalue weighted by Gasteiger charge is -2.24. The van der Waals surface area contributed by atoms with Crippen molar-refractivity contribution in [3.8, 4) is 0 Å². The van der Waals surface area contributed by atoms with Crippen molar-refractivity contribution < 1.29 is 8.42 Å². The minimum atomic E-state index is -4.16. The smallest absolute Gasteiger partial charge is 0.302 e. The van der Waals surface area contributed by atoms with Crippen LogP contribution in [0.4, 0.5) is 5.69 Å². The molecule has 0 amide bonds. The average molecular weight is 416 g/mol. The van der Waals surface area contributed by atoms with Gasteiger partial charge in [0.2, 0.25) is 0 Å². The molecule has 0 unspecified atom stereocenters. The Morgan fingerprint density at radius 2 is 1.92 bits per heavy atom. The molecule has 0 bridgehead atoms. The van der Waals surface area contributed by atoms with E-state index in [0.717, 1.165) is 20.2 Å². The van der Waals surface area contributed by atoms with Crippen molar-refractivity contribution in [2.24, 2.45) is 14.1 Å². The number of halogens is 1. The second-order valence-corrected chi connectivity index (χ2v) is 9.90. The van der Waals surface area contributed by atoms with Crippen LogP contribution in [0, 0.1) is 0 Å². The topological polar surface area (TPSA) is 81.4 Å². The SMILES string of the molecule is C[C@@H]1CCN(S(=O)(=O)c2cn(C)c(=O)n(C)c2=O)c2cc(Cl)ccc2S1. The van der Waals surface area contributed by atoms with Gasteiger partial charge in [-0.15, -0.1) is 11.8 Å². The van der Waals surface area contributed by atoms with E-state index in [1.54, 1.807) is 30.0 Å². The summed E-state index contributed by atoms with van der Waals surface area (Å²) in [4.78, 5) is 24.7. The van der Waals surface area contributed by atoms with E-state index in [2.05, 4.69) is 0 Å². The molecule has 26 heavy (non-hydrogen) atoms. The molecule has 1 aliphatic heterocycles. The zero-order valence-electron chi connectivity index (χ0n) is 14.5. The predicted octanol–water partition coefficient (Wildman–Crippen LogP) is 1.82. The molecule has 140 valence electrons. The molecule has 0 radical (unpaired) electrons. The molecule has 3 rings (SSSR count). The van der Waals surface area contributed by atoms with Crippen molar-refractivity contribution in [3.63, 3.8) is 0 Å². The molecule has 2 heterocycles. The van der Waals surface area contributed by atoms with Crippen LogP contribution >= 0.6 is 23.4 Å². The predicted molar refractivity (Wildman–Crippen MR) is 103 cm³/mol. The van der Waals surface area contributed by atoms with Crippen molar-refractivity contribution in [2.75, 3.05) is 10.8 Å². The first-order valence-corrected chi connectivity index (χ1v) is 10.6. The molecule has 7 nitrogen and oxygen atoms in total. The lowest BCUT2D eigenvalue weighted by atomic mass is 10.3. The Morgan fingerprint density at radius 1 is 1.23 bits per heavy atom. The molecule has 0 saturated heterocycles. The van der Waals surface area contributed by atoms with E-state index in [1.165, 1.54) is 18.4 Å². The van der Waals surface area contributed by atoms with Gasteiger partial charge in [-0.25, -0.2) is 13.2 Å². The minimum absolute atomic E-state index is 0.207. The van der Waals surface area contributed by atoms with E-state index in [4.69, 9.17) is 11.6 Å². The molecule has 0 spiro atoms. The van der Waals surface area contributed by atoms with Crippen LogP contribution in [0.15, 0.2) is 43.8 Å². The number of aromatic nitrogens is 2. The molecule has 0 saturated carbocycles. The molecule has 2 aromatic rings. The number of hydrogen-bond donors (Lipinski definition) is 0. The number of anilines is 1. The van der Waals surface area contributed by atoms with Crippen LogP contribution in [0.2, 0.25) is 5.02 Å². The van der Waals surface area contributed by atoms with Gasteiger partial charge in [0.05, 0.1) is 5.69 Å². The van der Waals surface area contributed by atoms with Crippen LogP contribution in [0.1, 0.15) is 13.3 Å². The largest absolute Gasteiger partial charge is 0.330 e. The molecule has 0 fully saturated rings. The summed E-state index contributed by atoms with van der Waals surface area (Å²) in [5.74, 6) is 0. The zero-order valence-corrected chi connectivity index (χ0v) is 16.9. The highest BCUT2D eigenvalue weighted by Gasteiger charge is 2.33. The maximum Gasteiger partial charge on any atom is 0.330 e. The second-order valence-electron chi connectivity index (χ2n) is 6.16. The number of hydrogen-bond acceptors (Lipinski definition) is 5. The maximum atomic E-state index is 13.3. The first-order chi connectivity index (χ1) is 12.1. The normalized spacial score (nSPS) is 17.7. The highest BCUT2D eigenvalue weighted by Crippen LogP contribution is 2.40. The Balaban J connectivity index is 2.25. The number of thioether (sulfide) groups is 1. The average Bonchev–Trinajstić information content (AvgIpc) is 2.74. The van der Waals surface area contributed by atoms with Gasteiger partial charge in [-0.1, -0.05) is 18.5 Å². The summed E-state index contributed by atoms with van der Waals surface area (Å²) >= 11 is 7.65. The van der Waals surface area contributed by atoms with Gasteiger partial charge < -0.3 is 4.57 Å². The van der Waals surface area contributed by atoms with E-state index >= 15 is 0 Å². The summed E-state index contributed by atoms with van der Waals surface area (Å²) in [7, 11) is -1.50. The molecule has 1 atom stereocenters. The van der Waals surface area contributed by atoms with Gasteiger partial charge >= 0.3 is 5.69 Å². The van der Waals surface area contributed by atoms with Crippen LogP contribution < -0.4 is 15.6 Å². The Kier molecular flexibility index (Phi) is 4.98. The Morgan fingerprint density at radius 3 is 2.62 bits per heavy atom. The molecule has 0 aliphatic carbocycles. The van der Waals surface area contributed by atoms with Crippen LogP contribution in [-0.2, 0) is 24.1 Å². The first-order valence-electron chi connectivity index (χ1n) is 7.88. The van der Waals surface area contributed by atoms with Gasteiger partial charge in [-0.2, -0.15) is 0 Å². The third kappa shape index (κ3) is 3.19. The van der Waals surface area contributed by atoms with E-state index < -0.39 is 26.2 Å². The van der Waals surface area contributed by atoms with Crippen molar-refractivity contribution in [2.45, 2.75) is 28.4 Å². The molecule has 10 heteroatoms.